The van der Waals surface area contributed by atoms with Crippen LogP contribution >= 0.6 is 15.9 Å². The highest BCUT2D eigenvalue weighted by molar-refractivity contribution is 9.09. The number of carbonyl (C=O) groups excluding carboxylic acids is 3. The number of ether oxygens (including phenoxy) is 2. The van der Waals surface area contributed by atoms with Crippen molar-refractivity contribution in [2.75, 3.05) is 36.1 Å². The van der Waals surface area contributed by atoms with Crippen molar-refractivity contribution in [2.24, 2.45) is 11.8 Å². The molecule has 10 heteroatoms. The van der Waals surface area contributed by atoms with Crippen molar-refractivity contribution in [3.8, 4) is 5.75 Å². The minimum absolute atomic E-state index is 0.174. The number of nitrogens with zero attached hydrogens (tertiary/aromatic N) is 3. The number of aliphatic hydroxyl groups excluding tert-OH is 1. The van der Waals surface area contributed by atoms with Gasteiger partial charge in [-0.2, -0.15) is 0 Å². The van der Waals surface area contributed by atoms with E-state index in [1.807, 2.05) is 104 Å². The fourth-order valence-corrected chi connectivity index (χ4v) is 9.57. The van der Waals surface area contributed by atoms with E-state index < -0.39 is 35.6 Å². The molecule has 4 aromatic rings. The lowest BCUT2D eigenvalue weighted by atomic mass is 9.70. The highest BCUT2D eigenvalue weighted by Crippen LogP contribution is 2.61. The number of halogens is 1. The summed E-state index contributed by atoms with van der Waals surface area (Å²) in [6.45, 7) is 10.3. The first kappa shape index (κ1) is 36.6. The van der Waals surface area contributed by atoms with E-state index in [2.05, 4.69) is 29.1 Å². The summed E-state index contributed by atoms with van der Waals surface area (Å²) in [4.78, 5) is 49.8. The van der Waals surface area contributed by atoms with Gasteiger partial charge in [-0.15, -0.1) is 13.2 Å². The van der Waals surface area contributed by atoms with E-state index in [0.717, 1.165) is 16.3 Å². The second-order valence-corrected chi connectivity index (χ2v) is 15.0. The molecule has 3 saturated heterocycles. The maximum atomic E-state index is 15.3. The van der Waals surface area contributed by atoms with Gasteiger partial charge in [-0.05, 0) is 72.5 Å². The monoisotopic (exact) mass is 777 g/mol. The van der Waals surface area contributed by atoms with Crippen molar-refractivity contribution >= 4 is 55.8 Å². The van der Waals surface area contributed by atoms with Crippen molar-refractivity contribution in [3.63, 3.8) is 0 Å². The van der Waals surface area contributed by atoms with Crippen LogP contribution in [0.3, 0.4) is 0 Å². The number of aliphatic hydroxyl groups is 1. The van der Waals surface area contributed by atoms with Gasteiger partial charge in [0.2, 0.25) is 11.8 Å². The van der Waals surface area contributed by atoms with Crippen molar-refractivity contribution in [1.82, 2.24) is 4.90 Å². The summed E-state index contributed by atoms with van der Waals surface area (Å²) < 4.78 is 12.5. The normalized spacial score (nSPS) is 24.8. The fraction of sp³-hybridized carbons (Fsp3) is 0.326. The Morgan fingerprint density at radius 2 is 1.58 bits per heavy atom. The van der Waals surface area contributed by atoms with E-state index in [1.165, 1.54) is 4.90 Å². The van der Waals surface area contributed by atoms with E-state index in [1.54, 1.807) is 22.0 Å². The van der Waals surface area contributed by atoms with E-state index >= 15 is 9.59 Å². The summed E-state index contributed by atoms with van der Waals surface area (Å²) in [7, 11) is 0. The van der Waals surface area contributed by atoms with Gasteiger partial charge in [0.15, 0.2) is 0 Å². The standard InChI is InChI=1S/C43H44BrN3O6/c1-4-22-45(31-18-20-34(21-19-31)52-6-3)40(49)36-37-41(50)47(33(27-48)24-28-12-8-7-9-13-28)39(43(37)26-35(44)38(36)53-43)42(51)46(23-5-2)32-17-16-29-14-10-11-15-30(29)25-32/h4-5,7-21,25,33,35-39,48H,1-2,6,22-24,26-27H2,3H3/t33-,35?,36+,37+,38+,39?,43?/m1/s1. The molecule has 7 rings (SSSR count). The third-order valence-electron chi connectivity index (χ3n) is 10.8. The number of hydrogen-bond donors (Lipinski definition) is 1. The average molecular weight is 779 g/mol. The van der Waals surface area contributed by atoms with Gasteiger partial charge in [-0.3, -0.25) is 14.4 Å². The first-order valence-electron chi connectivity index (χ1n) is 18.1. The van der Waals surface area contributed by atoms with E-state index in [-0.39, 0.29) is 42.2 Å². The van der Waals surface area contributed by atoms with Gasteiger partial charge in [0.25, 0.3) is 5.91 Å². The lowest BCUT2D eigenvalue weighted by Crippen LogP contribution is -2.59. The van der Waals surface area contributed by atoms with Gasteiger partial charge in [-0.1, -0.05) is 88.7 Å². The zero-order chi connectivity index (χ0) is 37.3. The summed E-state index contributed by atoms with van der Waals surface area (Å²) in [6, 6.07) is 28.7. The van der Waals surface area contributed by atoms with Crippen molar-refractivity contribution in [3.05, 3.63) is 128 Å². The molecular formula is C43H44BrN3O6. The Labute approximate surface area is 318 Å². The molecule has 3 amide bonds. The molecule has 1 spiro atoms. The third-order valence-corrected chi connectivity index (χ3v) is 11.7. The number of fused-ring (bicyclic) bond motifs is 2. The largest absolute Gasteiger partial charge is 0.494 e. The molecule has 1 N–H and O–H groups in total. The van der Waals surface area contributed by atoms with Crippen molar-refractivity contribution < 1.29 is 29.0 Å². The summed E-state index contributed by atoms with van der Waals surface area (Å²) >= 11 is 3.82. The van der Waals surface area contributed by atoms with E-state index in [9.17, 15) is 9.90 Å². The molecule has 0 saturated carbocycles. The first-order chi connectivity index (χ1) is 25.8. The number of amides is 3. The van der Waals surface area contributed by atoms with E-state index in [0.29, 0.717) is 36.6 Å². The van der Waals surface area contributed by atoms with Crippen LogP contribution in [-0.2, 0) is 25.5 Å². The molecular weight excluding hydrogens is 734 g/mol. The maximum absolute atomic E-state index is 15.3. The Morgan fingerprint density at radius 3 is 2.25 bits per heavy atom. The van der Waals surface area contributed by atoms with Crippen LogP contribution in [0.15, 0.2) is 122 Å². The van der Waals surface area contributed by atoms with Crippen LogP contribution in [0.1, 0.15) is 18.9 Å². The second kappa shape index (κ2) is 15.3. The van der Waals surface area contributed by atoms with Gasteiger partial charge in [0.1, 0.15) is 17.4 Å². The molecule has 0 aliphatic carbocycles. The van der Waals surface area contributed by atoms with Crippen LogP contribution in [0.25, 0.3) is 10.8 Å². The summed E-state index contributed by atoms with van der Waals surface area (Å²) in [5.41, 5.74) is 0.836. The molecule has 3 heterocycles. The van der Waals surface area contributed by atoms with Crippen LogP contribution in [-0.4, -0.2) is 82.6 Å². The van der Waals surface area contributed by atoms with Crippen LogP contribution in [0, 0.1) is 11.8 Å². The Kier molecular flexibility index (Phi) is 10.6. The third kappa shape index (κ3) is 6.47. The molecule has 3 fully saturated rings. The predicted octanol–water partition coefficient (Wildman–Crippen LogP) is 6.33. The summed E-state index contributed by atoms with van der Waals surface area (Å²) in [5, 5.41) is 13.0. The van der Waals surface area contributed by atoms with Gasteiger partial charge < -0.3 is 29.3 Å². The van der Waals surface area contributed by atoms with Crippen molar-refractivity contribution in [2.45, 2.75) is 48.4 Å². The van der Waals surface area contributed by atoms with Crippen molar-refractivity contribution in [1.29, 1.82) is 0 Å². The number of carbonyl (C=O) groups is 3. The summed E-state index contributed by atoms with van der Waals surface area (Å²) in [5.74, 6) is -2.22. The van der Waals surface area contributed by atoms with Crippen LogP contribution < -0.4 is 14.5 Å². The Morgan fingerprint density at radius 1 is 0.943 bits per heavy atom. The zero-order valence-corrected chi connectivity index (χ0v) is 31.3. The average Bonchev–Trinajstić information content (AvgIpc) is 3.78. The highest BCUT2D eigenvalue weighted by Gasteiger charge is 2.77. The summed E-state index contributed by atoms with van der Waals surface area (Å²) in [6.07, 6.45) is 3.28. The number of benzene rings is 4. The molecule has 3 unspecified atom stereocenters. The smallest absolute Gasteiger partial charge is 0.253 e. The van der Waals surface area contributed by atoms with Gasteiger partial charge in [0.05, 0.1) is 37.2 Å². The molecule has 7 atom stereocenters. The molecule has 0 radical (unpaired) electrons. The Bertz CT molecular complexity index is 2010. The Hall–Kier alpha value is -4.77. The SMILES string of the molecule is C=CCN(C(=O)C1N([C@@H](CO)Cc2ccccc2)C(=O)[C@@H]2[C@H](C(=O)N(CC=C)c3ccc(OCC)cc3)[C@H]3OC12CC3Br)c1ccc2ccccc2c1. The van der Waals surface area contributed by atoms with E-state index in [4.69, 9.17) is 9.47 Å². The fourth-order valence-electron chi connectivity index (χ4n) is 8.62. The zero-order valence-electron chi connectivity index (χ0n) is 29.7. The number of likely N-dealkylation sites (tertiary alicyclic amines) is 1. The minimum atomic E-state index is -1.34. The molecule has 4 aromatic carbocycles. The molecule has 9 nitrogen and oxygen atoms in total. The molecule has 274 valence electrons. The second-order valence-electron chi connectivity index (χ2n) is 13.9. The quantitative estimate of drug-likeness (QED) is 0.119. The number of alkyl halides is 1. The topological polar surface area (TPSA) is 99.6 Å². The number of anilines is 2. The molecule has 53 heavy (non-hydrogen) atoms. The lowest BCUT2D eigenvalue weighted by Gasteiger charge is -2.39. The molecule has 3 aliphatic rings. The van der Waals surface area contributed by atoms with Gasteiger partial charge in [0, 0.05) is 29.3 Å². The van der Waals surface area contributed by atoms with Crippen LogP contribution in [0.2, 0.25) is 0 Å². The first-order valence-corrected chi connectivity index (χ1v) is 19.0. The lowest BCUT2D eigenvalue weighted by molar-refractivity contribution is -0.144. The Balaban J connectivity index is 1.33. The highest BCUT2D eigenvalue weighted by atomic mass is 79.9. The van der Waals surface area contributed by atoms with Gasteiger partial charge in [-0.25, -0.2) is 0 Å². The number of rotatable bonds is 14. The minimum Gasteiger partial charge on any atom is -0.494 e. The van der Waals surface area contributed by atoms with Crippen LogP contribution in [0.4, 0.5) is 11.4 Å². The maximum Gasteiger partial charge on any atom is 0.253 e. The predicted molar refractivity (Wildman–Crippen MR) is 210 cm³/mol. The molecule has 0 aromatic heterocycles. The van der Waals surface area contributed by atoms with Crippen LogP contribution in [0.5, 0.6) is 5.75 Å². The molecule has 3 aliphatic heterocycles. The number of hydrogen-bond acceptors (Lipinski definition) is 6. The van der Waals surface area contributed by atoms with Gasteiger partial charge >= 0.3 is 0 Å². The molecule has 2 bridgehead atoms.